The molecule has 0 atom stereocenters. The van der Waals surface area contributed by atoms with Gasteiger partial charge in [-0.1, -0.05) is 12.2 Å². The highest BCUT2D eigenvalue weighted by Gasteiger charge is 2.17. The number of nitrogens with zero attached hydrogens (tertiary/aromatic N) is 1. The summed E-state index contributed by atoms with van der Waals surface area (Å²) in [6.07, 6.45) is 4.01. The normalized spacial score (nSPS) is 21.5. The number of nitrogens with two attached hydrogens (primary N) is 1. The smallest absolute Gasteiger partial charge is 0.332 e. The van der Waals surface area contributed by atoms with E-state index in [1.54, 1.807) is 0 Å². The van der Waals surface area contributed by atoms with Crippen molar-refractivity contribution in [3.05, 3.63) is 12.2 Å². The second kappa shape index (κ2) is 4.79. The molecular formula is C10H17N3O. The lowest BCUT2D eigenvalue weighted by molar-refractivity contribution is 0.249. The lowest BCUT2D eigenvalue weighted by atomic mass is 9.84. The van der Waals surface area contributed by atoms with Gasteiger partial charge >= 0.3 is 6.03 Å². The van der Waals surface area contributed by atoms with Crippen molar-refractivity contribution in [1.29, 1.82) is 0 Å². The van der Waals surface area contributed by atoms with Crippen molar-refractivity contribution in [2.75, 3.05) is 0 Å². The van der Waals surface area contributed by atoms with Crippen LogP contribution < -0.4 is 11.2 Å². The Morgan fingerprint density at radius 1 is 1.57 bits per heavy atom. The molecule has 1 fully saturated rings. The molecule has 0 radical (unpaired) electrons. The molecule has 1 aliphatic carbocycles. The molecule has 0 aliphatic heterocycles. The van der Waals surface area contributed by atoms with Crippen molar-refractivity contribution in [2.24, 2.45) is 16.8 Å². The summed E-state index contributed by atoms with van der Waals surface area (Å²) in [5.74, 6) is 0.613. The Kier molecular flexibility index (Phi) is 3.68. The van der Waals surface area contributed by atoms with Gasteiger partial charge in [-0.05, 0) is 38.5 Å². The van der Waals surface area contributed by atoms with Gasteiger partial charge in [-0.3, -0.25) is 0 Å². The van der Waals surface area contributed by atoms with E-state index >= 15 is 0 Å². The van der Waals surface area contributed by atoms with Crippen molar-refractivity contribution in [1.82, 2.24) is 5.43 Å². The van der Waals surface area contributed by atoms with E-state index in [4.69, 9.17) is 5.73 Å². The minimum absolute atomic E-state index is 0.598. The Balaban J connectivity index is 2.39. The van der Waals surface area contributed by atoms with Crippen molar-refractivity contribution in [3.63, 3.8) is 0 Å². The molecule has 0 aromatic heterocycles. The summed E-state index contributed by atoms with van der Waals surface area (Å²) in [4.78, 5) is 10.4. The van der Waals surface area contributed by atoms with Crippen molar-refractivity contribution >= 4 is 11.7 Å². The van der Waals surface area contributed by atoms with Crippen LogP contribution in [0.5, 0.6) is 0 Å². The molecule has 0 heterocycles. The fourth-order valence-electron chi connectivity index (χ4n) is 1.69. The lowest BCUT2D eigenvalue weighted by Crippen LogP contribution is -2.27. The lowest BCUT2D eigenvalue weighted by Gasteiger charge is -2.22. The fourth-order valence-corrected chi connectivity index (χ4v) is 1.69. The maximum absolute atomic E-state index is 10.4. The van der Waals surface area contributed by atoms with Crippen LogP contribution in [-0.2, 0) is 0 Å². The second-order valence-corrected chi connectivity index (χ2v) is 3.77. The number of amides is 2. The number of primary amides is 1. The van der Waals surface area contributed by atoms with Crippen molar-refractivity contribution in [3.8, 4) is 0 Å². The average molecular weight is 195 g/mol. The highest BCUT2D eigenvalue weighted by atomic mass is 16.2. The van der Waals surface area contributed by atoms with Gasteiger partial charge in [0.15, 0.2) is 0 Å². The standard InChI is InChI=1S/C10H17N3O/c1-7(2)8-3-5-9(6-4-8)12-13-10(11)14/h8H,1,3-6H2,2H3,(H3,11,13,14). The van der Waals surface area contributed by atoms with Gasteiger partial charge in [0.2, 0.25) is 0 Å². The molecule has 0 saturated heterocycles. The molecule has 1 aliphatic rings. The van der Waals surface area contributed by atoms with Gasteiger partial charge in [-0.15, -0.1) is 0 Å². The predicted molar refractivity (Wildman–Crippen MR) is 56.9 cm³/mol. The van der Waals surface area contributed by atoms with Crippen LogP contribution in [0.1, 0.15) is 32.6 Å². The Morgan fingerprint density at radius 3 is 2.57 bits per heavy atom. The Morgan fingerprint density at radius 2 is 2.14 bits per heavy atom. The van der Waals surface area contributed by atoms with Crippen LogP contribution >= 0.6 is 0 Å². The van der Waals surface area contributed by atoms with Gasteiger partial charge < -0.3 is 5.73 Å². The SMILES string of the molecule is C=C(C)C1CCC(=NNC(N)=O)CC1. The summed E-state index contributed by atoms with van der Waals surface area (Å²) in [7, 11) is 0. The molecule has 4 nitrogen and oxygen atoms in total. The number of hydrazone groups is 1. The van der Waals surface area contributed by atoms with Crippen LogP contribution in [0.15, 0.2) is 17.3 Å². The summed E-state index contributed by atoms with van der Waals surface area (Å²) in [6.45, 7) is 6.01. The first-order chi connectivity index (χ1) is 6.59. The summed E-state index contributed by atoms with van der Waals surface area (Å²) in [5.41, 5.74) is 9.45. The third-order valence-corrected chi connectivity index (χ3v) is 2.58. The van der Waals surface area contributed by atoms with E-state index in [0.29, 0.717) is 5.92 Å². The van der Waals surface area contributed by atoms with E-state index < -0.39 is 6.03 Å². The Labute approximate surface area is 84.2 Å². The van der Waals surface area contributed by atoms with E-state index in [-0.39, 0.29) is 0 Å². The highest BCUT2D eigenvalue weighted by molar-refractivity contribution is 5.86. The molecule has 0 aromatic rings. The highest BCUT2D eigenvalue weighted by Crippen LogP contribution is 2.27. The number of urea groups is 1. The zero-order valence-electron chi connectivity index (χ0n) is 8.55. The minimum atomic E-state index is -0.598. The minimum Gasteiger partial charge on any atom is -0.350 e. The van der Waals surface area contributed by atoms with Crippen LogP contribution in [0.3, 0.4) is 0 Å². The summed E-state index contributed by atoms with van der Waals surface area (Å²) >= 11 is 0. The van der Waals surface area contributed by atoms with Gasteiger partial charge in [0.1, 0.15) is 0 Å². The Hall–Kier alpha value is -1.32. The molecule has 1 saturated carbocycles. The average Bonchev–Trinajstić information content (AvgIpc) is 2.15. The summed E-state index contributed by atoms with van der Waals surface area (Å²) < 4.78 is 0. The predicted octanol–water partition coefficient (Wildman–Crippen LogP) is 1.78. The number of allylic oxidation sites excluding steroid dienone is 1. The van der Waals surface area contributed by atoms with E-state index in [9.17, 15) is 4.79 Å². The molecule has 0 unspecified atom stereocenters. The summed E-state index contributed by atoms with van der Waals surface area (Å²) in [5, 5.41) is 3.94. The number of carbonyl (C=O) groups excluding carboxylic acids is 1. The third-order valence-electron chi connectivity index (χ3n) is 2.58. The van der Waals surface area contributed by atoms with E-state index in [1.165, 1.54) is 5.57 Å². The second-order valence-electron chi connectivity index (χ2n) is 3.77. The molecule has 0 spiro atoms. The largest absolute Gasteiger partial charge is 0.350 e. The number of hydrogen-bond donors (Lipinski definition) is 2. The molecule has 2 amide bonds. The zero-order valence-corrected chi connectivity index (χ0v) is 8.55. The Bertz CT molecular complexity index is 261. The van der Waals surface area contributed by atoms with Gasteiger partial charge in [0, 0.05) is 5.71 Å². The number of hydrogen-bond acceptors (Lipinski definition) is 2. The number of nitrogens with one attached hydrogen (secondary N) is 1. The molecule has 1 rings (SSSR count). The van der Waals surface area contributed by atoms with Gasteiger partial charge in [0.05, 0.1) is 0 Å². The van der Waals surface area contributed by atoms with Gasteiger partial charge in [-0.25, -0.2) is 10.2 Å². The first kappa shape index (κ1) is 10.8. The molecule has 14 heavy (non-hydrogen) atoms. The summed E-state index contributed by atoms with van der Waals surface area (Å²) in [6, 6.07) is -0.598. The van der Waals surface area contributed by atoms with Crippen molar-refractivity contribution in [2.45, 2.75) is 32.6 Å². The fraction of sp³-hybridized carbons (Fsp3) is 0.600. The van der Waals surface area contributed by atoms with Gasteiger partial charge in [-0.2, -0.15) is 5.10 Å². The molecule has 78 valence electrons. The number of carbonyl (C=O) groups is 1. The topological polar surface area (TPSA) is 67.5 Å². The van der Waals surface area contributed by atoms with Crippen LogP contribution in [0.25, 0.3) is 0 Å². The van der Waals surface area contributed by atoms with E-state index in [1.807, 2.05) is 0 Å². The third kappa shape index (κ3) is 3.20. The van der Waals surface area contributed by atoms with Crippen molar-refractivity contribution < 1.29 is 4.79 Å². The van der Waals surface area contributed by atoms with Crippen LogP contribution in [0, 0.1) is 5.92 Å². The molecular weight excluding hydrogens is 178 g/mol. The molecule has 3 N–H and O–H groups in total. The maximum atomic E-state index is 10.4. The zero-order chi connectivity index (χ0) is 10.6. The van der Waals surface area contributed by atoms with Crippen LogP contribution in [-0.4, -0.2) is 11.7 Å². The first-order valence-electron chi connectivity index (χ1n) is 4.86. The van der Waals surface area contributed by atoms with Gasteiger partial charge in [0.25, 0.3) is 0 Å². The molecule has 4 heteroatoms. The van der Waals surface area contributed by atoms with E-state index in [0.717, 1.165) is 31.4 Å². The van der Waals surface area contributed by atoms with E-state index in [2.05, 4.69) is 24.0 Å². The van der Waals surface area contributed by atoms with Crippen LogP contribution in [0.4, 0.5) is 4.79 Å². The first-order valence-corrected chi connectivity index (χ1v) is 4.86. The molecule has 0 aromatic carbocycles. The quantitative estimate of drug-likeness (QED) is 0.512. The van der Waals surface area contributed by atoms with Crippen LogP contribution in [0.2, 0.25) is 0 Å². The molecule has 0 bridgehead atoms. The number of rotatable bonds is 2. The maximum Gasteiger partial charge on any atom is 0.332 e. The monoisotopic (exact) mass is 195 g/mol.